The van der Waals surface area contributed by atoms with Gasteiger partial charge >= 0.3 is 6.18 Å². The highest BCUT2D eigenvalue weighted by atomic mass is 19.4. The molecule has 0 radical (unpaired) electrons. The highest BCUT2D eigenvalue weighted by Crippen LogP contribution is 2.36. The Labute approximate surface area is 185 Å². The number of amides is 1. The number of benzene rings is 2. The molecule has 32 heavy (non-hydrogen) atoms. The van der Waals surface area contributed by atoms with E-state index in [1.165, 1.54) is 11.6 Å². The zero-order valence-electron chi connectivity index (χ0n) is 18.0. The quantitative estimate of drug-likeness (QED) is 0.707. The van der Waals surface area contributed by atoms with E-state index >= 15 is 0 Å². The van der Waals surface area contributed by atoms with E-state index in [9.17, 15) is 18.0 Å². The van der Waals surface area contributed by atoms with E-state index in [1.54, 1.807) is 6.92 Å². The van der Waals surface area contributed by atoms with Crippen LogP contribution in [-0.4, -0.2) is 38.3 Å². The average molecular weight is 448 g/mol. The molecule has 1 heterocycles. The number of hydrogen-bond acceptors (Lipinski definition) is 4. The molecule has 172 valence electrons. The number of carbonyl (C=O) groups excluding carboxylic acids is 1. The molecule has 1 aliphatic carbocycles. The number of rotatable bonds is 5. The number of aryl methyl sites for hydroxylation is 1. The zero-order valence-corrected chi connectivity index (χ0v) is 18.0. The number of halogens is 3. The number of nitrogens with zero attached hydrogens (tertiary/aromatic N) is 1. The van der Waals surface area contributed by atoms with Crippen molar-refractivity contribution >= 4 is 17.3 Å². The van der Waals surface area contributed by atoms with Crippen LogP contribution in [0.2, 0.25) is 0 Å². The molecule has 1 aliphatic heterocycles. The first-order chi connectivity index (χ1) is 15.3. The fourth-order valence-electron chi connectivity index (χ4n) is 4.41. The molecule has 2 N–H and O–H groups in total. The van der Waals surface area contributed by atoms with Crippen molar-refractivity contribution in [3.05, 3.63) is 59.2 Å². The molecule has 1 fully saturated rings. The second kappa shape index (κ2) is 9.40. The number of hydrogen-bond donors (Lipinski definition) is 2. The average Bonchev–Trinajstić information content (AvgIpc) is 2.79. The van der Waals surface area contributed by atoms with Gasteiger partial charge in [0.1, 0.15) is 6.04 Å². The van der Waals surface area contributed by atoms with Crippen LogP contribution in [0.4, 0.5) is 24.5 Å². The van der Waals surface area contributed by atoms with Crippen LogP contribution in [0.15, 0.2) is 42.5 Å². The van der Waals surface area contributed by atoms with Gasteiger partial charge in [0.25, 0.3) is 0 Å². The molecule has 1 saturated heterocycles. The van der Waals surface area contributed by atoms with Crippen molar-refractivity contribution in [1.29, 1.82) is 0 Å². The highest BCUT2D eigenvalue weighted by molar-refractivity contribution is 5.86. The topological polar surface area (TPSA) is 53.6 Å². The van der Waals surface area contributed by atoms with E-state index in [0.717, 1.165) is 37.0 Å². The monoisotopic (exact) mass is 447 g/mol. The van der Waals surface area contributed by atoms with E-state index in [2.05, 4.69) is 16.7 Å². The van der Waals surface area contributed by atoms with Crippen LogP contribution in [-0.2, 0) is 22.1 Å². The summed E-state index contributed by atoms with van der Waals surface area (Å²) in [6.45, 7) is 3.86. The Morgan fingerprint density at radius 2 is 1.91 bits per heavy atom. The van der Waals surface area contributed by atoms with E-state index in [0.29, 0.717) is 37.7 Å². The fraction of sp³-hybridized carbons (Fsp3) is 0.458. The summed E-state index contributed by atoms with van der Waals surface area (Å²) in [5, 5.41) is 6.12. The molecular formula is C24H28F3N3O2. The molecule has 0 saturated carbocycles. The lowest BCUT2D eigenvalue weighted by molar-refractivity contribution is -0.137. The molecule has 5 nitrogen and oxygen atoms in total. The number of anilines is 2. The van der Waals surface area contributed by atoms with Crippen LogP contribution in [0.1, 0.15) is 42.5 Å². The van der Waals surface area contributed by atoms with Gasteiger partial charge in [-0.3, -0.25) is 4.79 Å². The number of carbonyl (C=O) groups is 1. The summed E-state index contributed by atoms with van der Waals surface area (Å²) in [5.74, 6) is -0.239. The second-order valence-corrected chi connectivity index (χ2v) is 8.35. The van der Waals surface area contributed by atoms with Gasteiger partial charge in [-0.2, -0.15) is 13.2 Å². The molecule has 2 aromatic rings. The molecular weight excluding hydrogens is 419 g/mol. The Bertz CT molecular complexity index is 958. The van der Waals surface area contributed by atoms with Crippen molar-refractivity contribution < 1.29 is 22.7 Å². The summed E-state index contributed by atoms with van der Waals surface area (Å²) in [4.78, 5) is 14.9. The predicted octanol–water partition coefficient (Wildman–Crippen LogP) is 4.54. The second-order valence-electron chi connectivity index (χ2n) is 8.35. The minimum atomic E-state index is -4.46. The van der Waals surface area contributed by atoms with Gasteiger partial charge in [0.2, 0.25) is 5.91 Å². The largest absolute Gasteiger partial charge is 0.416 e. The lowest BCUT2D eigenvalue weighted by atomic mass is 9.87. The van der Waals surface area contributed by atoms with Crippen molar-refractivity contribution in [2.75, 3.05) is 36.5 Å². The molecule has 2 aromatic carbocycles. The smallest absolute Gasteiger partial charge is 0.378 e. The lowest BCUT2D eigenvalue weighted by Crippen LogP contribution is -2.41. The van der Waals surface area contributed by atoms with Gasteiger partial charge in [-0.05, 0) is 55.5 Å². The van der Waals surface area contributed by atoms with Gasteiger partial charge in [0.15, 0.2) is 0 Å². The van der Waals surface area contributed by atoms with Crippen LogP contribution in [0.5, 0.6) is 0 Å². The van der Waals surface area contributed by atoms with Crippen molar-refractivity contribution in [2.45, 2.75) is 44.4 Å². The molecule has 2 atom stereocenters. The van der Waals surface area contributed by atoms with E-state index in [4.69, 9.17) is 4.74 Å². The third-order valence-corrected chi connectivity index (χ3v) is 6.13. The van der Waals surface area contributed by atoms with Gasteiger partial charge in [-0.15, -0.1) is 0 Å². The number of fused-ring (bicyclic) bond motifs is 1. The molecule has 4 rings (SSSR count). The summed E-state index contributed by atoms with van der Waals surface area (Å²) < 4.78 is 45.4. The number of morpholine rings is 1. The van der Waals surface area contributed by atoms with Gasteiger partial charge < -0.3 is 20.3 Å². The minimum Gasteiger partial charge on any atom is -0.378 e. The Kier molecular flexibility index (Phi) is 6.60. The van der Waals surface area contributed by atoms with Gasteiger partial charge in [0.05, 0.1) is 36.2 Å². The summed E-state index contributed by atoms with van der Waals surface area (Å²) in [6.07, 6.45) is -1.64. The first-order valence-corrected chi connectivity index (χ1v) is 11.0. The molecule has 0 aromatic heterocycles. The van der Waals surface area contributed by atoms with Crippen molar-refractivity contribution in [2.24, 2.45) is 0 Å². The molecule has 2 aliphatic rings. The van der Waals surface area contributed by atoms with Crippen LogP contribution < -0.4 is 15.5 Å². The number of alkyl halides is 3. The summed E-state index contributed by atoms with van der Waals surface area (Å²) in [5.41, 5.74) is 2.55. The van der Waals surface area contributed by atoms with E-state index in [1.807, 2.05) is 23.1 Å². The van der Waals surface area contributed by atoms with Crippen LogP contribution >= 0.6 is 0 Å². The van der Waals surface area contributed by atoms with Crippen molar-refractivity contribution in [3.8, 4) is 0 Å². The maximum Gasteiger partial charge on any atom is 0.416 e. The zero-order chi connectivity index (χ0) is 22.7. The first kappa shape index (κ1) is 22.5. The Morgan fingerprint density at radius 3 is 2.66 bits per heavy atom. The van der Waals surface area contributed by atoms with Gasteiger partial charge in [-0.25, -0.2) is 0 Å². The maximum absolute atomic E-state index is 13.3. The van der Waals surface area contributed by atoms with E-state index < -0.39 is 17.8 Å². The van der Waals surface area contributed by atoms with Crippen molar-refractivity contribution in [1.82, 2.24) is 5.32 Å². The highest BCUT2D eigenvalue weighted by Gasteiger charge is 2.32. The van der Waals surface area contributed by atoms with Crippen molar-refractivity contribution in [3.63, 3.8) is 0 Å². The molecule has 0 unspecified atom stereocenters. The van der Waals surface area contributed by atoms with Crippen LogP contribution in [0.25, 0.3) is 0 Å². The Balaban J connectivity index is 1.52. The minimum absolute atomic E-state index is 0.0862. The third kappa shape index (κ3) is 5.01. The van der Waals surface area contributed by atoms with E-state index in [-0.39, 0.29) is 11.9 Å². The number of ether oxygens (including phenoxy) is 1. The SMILES string of the molecule is C[C@@H](Nc1cc(C(F)(F)F)ccc1N1CCOCC1)C(=O)N[C@@H]1CCCc2ccccc21. The summed E-state index contributed by atoms with van der Waals surface area (Å²) >= 11 is 0. The predicted molar refractivity (Wildman–Crippen MR) is 118 cm³/mol. The third-order valence-electron chi connectivity index (χ3n) is 6.13. The molecule has 0 bridgehead atoms. The Hall–Kier alpha value is -2.74. The summed E-state index contributed by atoms with van der Waals surface area (Å²) in [7, 11) is 0. The molecule has 0 spiro atoms. The van der Waals surface area contributed by atoms with Gasteiger partial charge in [-0.1, -0.05) is 24.3 Å². The molecule has 1 amide bonds. The normalized spacial score (nSPS) is 19.8. The Morgan fingerprint density at radius 1 is 1.16 bits per heavy atom. The standard InChI is InChI=1S/C24H28F3N3O2/c1-16(23(31)29-20-8-4-6-17-5-2-3-7-19(17)20)28-21-15-18(24(25,26)27)9-10-22(21)30-11-13-32-14-12-30/h2-3,5,7,9-10,15-16,20,28H,4,6,8,11-14H2,1H3,(H,29,31)/t16-,20-/m1/s1. The first-order valence-electron chi connectivity index (χ1n) is 11.0. The lowest BCUT2D eigenvalue weighted by Gasteiger charge is -2.32. The van der Waals surface area contributed by atoms with Crippen LogP contribution in [0.3, 0.4) is 0 Å². The van der Waals surface area contributed by atoms with Gasteiger partial charge in [0, 0.05) is 13.1 Å². The number of nitrogens with one attached hydrogen (secondary N) is 2. The maximum atomic E-state index is 13.3. The fourth-order valence-corrected chi connectivity index (χ4v) is 4.41. The van der Waals surface area contributed by atoms with Crippen LogP contribution in [0, 0.1) is 0 Å². The summed E-state index contributed by atoms with van der Waals surface area (Å²) in [6, 6.07) is 10.9. The molecule has 8 heteroatoms.